The maximum Gasteiger partial charge on any atom is 0.410 e. The lowest BCUT2D eigenvalue weighted by atomic mass is 9.83. The molecular weight excluding hydrogens is 1300 g/mol. The summed E-state index contributed by atoms with van der Waals surface area (Å²) in [5.74, 6) is -8.31. The molecule has 3 rings (SSSR count). The maximum absolute atomic E-state index is 13.7. The number of hydrogen-bond acceptors (Lipinski definition) is 28. The van der Waals surface area contributed by atoms with Crippen LogP contribution in [-0.2, 0) is 98.7 Å². The van der Waals surface area contributed by atoms with Gasteiger partial charge in [0.2, 0.25) is 29.2 Å². The van der Waals surface area contributed by atoms with Crippen molar-refractivity contribution >= 4 is 47.7 Å². The summed E-state index contributed by atoms with van der Waals surface area (Å²) in [7, 11) is 4.47. The molecule has 0 saturated carbocycles. The van der Waals surface area contributed by atoms with Crippen LogP contribution in [0.3, 0.4) is 0 Å². The third-order valence-electron chi connectivity index (χ3n) is 14.9. The first kappa shape index (κ1) is 85.0. The van der Waals surface area contributed by atoms with Gasteiger partial charge >= 0.3 is 18.0 Å². The topological polar surface area (TPSA) is 532 Å². The van der Waals surface area contributed by atoms with Crippen LogP contribution in [0, 0.1) is 22.7 Å². The summed E-state index contributed by atoms with van der Waals surface area (Å²) in [4.78, 5) is 79.0. The van der Waals surface area contributed by atoms with Crippen LogP contribution in [0.25, 0.3) is 0 Å². The van der Waals surface area contributed by atoms with Crippen molar-refractivity contribution in [3.8, 4) is 0 Å². The van der Waals surface area contributed by atoms with Gasteiger partial charge in [-0.25, -0.2) is 19.1 Å². The number of aliphatic carboxylic acids is 2. The Morgan fingerprint density at radius 2 is 1.07 bits per heavy atom. The number of carboxylic acid groups (broad SMARTS) is 2. The molecule has 0 spiro atoms. The molecule has 0 bridgehead atoms. The Kier molecular flexibility index (Phi) is 42.8. The van der Waals surface area contributed by atoms with Crippen molar-refractivity contribution in [1.29, 1.82) is 10.8 Å². The van der Waals surface area contributed by atoms with Gasteiger partial charge < -0.3 is 135 Å². The van der Waals surface area contributed by atoms with E-state index in [1.54, 1.807) is 24.9 Å². The molecule has 39 nitrogen and oxygen atoms in total. The number of amides is 4. The minimum Gasteiger partial charge on any atom is -0.481 e. The van der Waals surface area contributed by atoms with E-state index in [9.17, 15) is 59.4 Å². The highest BCUT2D eigenvalue weighted by Gasteiger charge is 2.46. The number of aromatic nitrogens is 3. The van der Waals surface area contributed by atoms with Gasteiger partial charge in [0.05, 0.1) is 182 Å². The van der Waals surface area contributed by atoms with Gasteiger partial charge in [-0.2, -0.15) is 0 Å². The number of hydrogen-bond donors (Lipinski definition) is 14. The smallest absolute Gasteiger partial charge is 0.410 e. The van der Waals surface area contributed by atoms with Crippen LogP contribution in [0.4, 0.5) is 4.79 Å². The van der Waals surface area contributed by atoms with E-state index in [0.717, 1.165) is 11.0 Å². The second-order valence-electron chi connectivity index (χ2n) is 22.3. The van der Waals surface area contributed by atoms with Crippen LogP contribution in [0.15, 0.2) is 29.9 Å². The number of nitrogens with one attached hydrogen (secondary N) is 6. The van der Waals surface area contributed by atoms with Gasteiger partial charge in [-0.3, -0.25) is 30.1 Å². The highest BCUT2D eigenvalue weighted by molar-refractivity contribution is 5.86. The van der Waals surface area contributed by atoms with E-state index < -0.39 is 133 Å². The first-order valence-corrected chi connectivity index (χ1v) is 32.0. The van der Waals surface area contributed by atoms with Crippen LogP contribution >= 0.6 is 0 Å². The van der Waals surface area contributed by atoms with Crippen molar-refractivity contribution in [2.24, 2.45) is 23.3 Å². The monoisotopic (exact) mass is 1410 g/mol. The van der Waals surface area contributed by atoms with E-state index in [0.29, 0.717) is 118 Å². The molecule has 98 heavy (non-hydrogen) atoms. The molecule has 2 aliphatic heterocycles. The van der Waals surface area contributed by atoms with E-state index in [1.165, 1.54) is 32.0 Å². The molecule has 0 fully saturated rings. The summed E-state index contributed by atoms with van der Waals surface area (Å²) in [6, 6.07) is -3.12. The predicted molar refractivity (Wildman–Crippen MR) is 343 cm³/mol. The number of nitrogens with zero attached hydrogens (tertiary/aromatic N) is 6. The quantitative estimate of drug-likeness (QED) is 0.0164. The zero-order valence-electron chi connectivity index (χ0n) is 56.5. The molecule has 1 aromatic heterocycles. The average molecular weight is 1410 g/mol. The lowest BCUT2D eigenvalue weighted by Crippen LogP contribution is -2.63. The normalized spacial score (nSPS) is 18.8. The van der Waals surface area contributed by atoms with E-state index in [1.807, 2.05) is 4.90 Å². The second-order valence-corrected chi connectivity index (χ2v) is 22.3. The van der Waals surface area contributed by atoms with Crippen molar-refractivity contribution in [2.75, 3.05) is 193 Å². The van der Waals surface area contributed by atoms with E-state index in [4.69, 9.17) is 83.9 Å². The highest BCUT2D eigenvalue weighted by atomic mass is 16.6. The van der Waals surface area contributed by atoms with Crippen LogP contribution in [0.5, 0.6) is 0 Å². The van der Waals surface area contributed by atoms with Crippen LogP contribution in [0.1, 0.15) is 32.4 Å². The first-order chi connectivity index (χ1) is 47.0. The zero-order chi connectivity index (χ0) is 72.2. The van der Waals surface area contributed by atoms with Gasteiger partial charge in [0, 0.05) is 85.5 Å². The van der Waals surface area contributed by atoms with E-state index >= 15 is 0 Å². The molecular formula is C59H104N14O25. The molecule has 3 heterocycles. The molecule has 1 aromatic rings. The number of rotatable bonds is 55. The Morgan fingerprint density at radius 1 is 0.622 bits per heavy atom. The third-order valence-corrected chi connectivity index (χ3v) is 14.9. The molecule has 16 N–H and O–H groups in total. The third kappa shape index (κ3) is 34.5. The molecule has 0 aromatic carbocycles. The molecule has 0 saturated heterocycles. The zero-order valence-corrected chi connectivity index (χ0v) is 56.5. The number of nitrogens with two attached hydrogens (primary N) is 2. The molecule has 10 atom stereocenters. The van der Waals surface area contributed by atoms with Crippen molar-refractivity contribution in [1.82, 2.24) is 51.0 Å². The summed E-state index contributed by atoms with van der Waals surface area (Å²) in [6.07, 6.45) is -4.57. The average Bonchev–Trinajstić information content (AvgIpc) is 0.898. The predicted octanol–water partition coefficient (Wildman–Crippen LogP) is -5.43. The molecule has 39 heteroatoms. The van der Waals surface area contributed by atoms with Gasteiger partial charge in [-0.15, -0.1) is 5.10 Å². The minimum atomic E-state index is -1.69. The Morgan fingerprint density at radius 3 is 1.57 bits per heavy atom. The Bertz CT molecular complexity index is 2580. The van der Waals surface area contributed by atoms with Crippen LogP contribution in [-0.4, -0.2) is 349 Å². The van der Waals surface area contributed by atoms with Gasteiger partial charge in [0.25, 0.3) is 0 Å². The lowest BCUT2D eigenvalue weighted by Gasteiger charge is -2.42. The van der Waals surface area contributed by atoms with Crippen LogP contribution in [0.2, 0.25) is 0 Å². The summed E-state index contributed by atoms with van der Waals surface area (Å²) in [5, 5.41) is 95.1. The van der Waals surface area contributed by atoms with Crippen molar-refractivity contribution in [3.05, 3.63) is 35.6 Å². The van der Waals surface area contributed by atoms with Gasteiger partial charge in [0.1, 0.15) is 24.0 Å². The summed E-state index contributed by atoms with van der Waals surface area (Å²) >= 11 is 0. The van der Waals surface area contributed by atoms with Crippen LogP contribution < -0.4 is 32.7 Å². The van der Waals surface area contributed by atoms with Crippen molar-refractivity contribution < 1.29 is 121 Å². The fourth-order valence-corrected chi connectivity index (χ4v) is 9.51. The fourth-order valence-electron chi connectivity index (χ4n) is 9.51. The summed E-state index contributed by atoms with van der Waals surface area (Å²) in [5.41, 5.74) is 11.7. The highest BCUT2D eigenvalue weighted by Crippen LogP contribution is 2.31. The molecule has 560 valence electrons. The molecule has 0 unspecified atom stereocenters. The number of carboxylic acids is 2. The number of aliphatic hydroxyl groups is 4. The number of aliphatic hydroxyl groups excluding tert-OH is 4. The lowest BCUT2D eigenvalue weighted by molar-refractivity contribution is -0.148. The Balaban J connectivity index is 1.44. The second kappa shape index (κ2) is 49.3. The summed E-state index contributed by atoms with van der Waals surface area (Å²) < 4.78 is 75.1. The van der Waals surface area contributed by atoms with Gasteiger partial charge in [-0.1, -0.05) is 12.1 Å². The molecule has 4 amide bonds. The number of likely N-dealkylation sites (N-methyl/N-ethyl adjacent to an activating group) is 2. The van der Waals surface area contributed by atoms with Crippen molar-refractivity contribution in [3.63, 3.8) is 0 Å². The Hall–Kier alpha value is -7.22. The van der Waals surface area contributed by atoms with Gasteiger partial charge in [-0.05, 0) is 12.2 Å². The molecule has 0 radical (unpaired) electrons. The first-order valence-electron chi connectivity index (χ1n) is 32.0. The largest absolute Gasteiger partial charge is 0.481 e. The minimum absolute atomic E-state index is 0.000573. The number of carbonyl (C=O) groups excluding carboxylic acids is 4. The number of carbonyl (C=O) groups is 6. The summed E-state index contributed by atoms with van der Waals surface area (Å²) in [6.45, 7) is 8.80. The Labute approximate surface area is 568 Å². The molecule has 0 aliphatic carbocycles. The maximum atomic E-state index is 13.7. The standard InChI is InChI=1S/C59H104N14O25/c1-39-43(66-57(60)61)33-47(55(81)82)96-52(39)54(46(78)37-75)98-59(85)71(5)8-15-88-17-10-72(9-16-87-14-7-70(4)50(80)32-42(45(77)36-74)53-51(65-40(2)76)44(67-58(62)63)34-48(97-53)56(83)84)11-18-89-21-24-92-28-29-94-30-31-95-38-41-35-73(69-68-41)12-19-90-22-25-93-27-26-91-23-20-86-13-6-49(79)64-3/h33-35,39,42-46,51-54,74-75,77-78H,6-32,36-38H2,1-5H3,(H,64,79)(H,65,76)(H,81,82)(H,83,84)(H4,60,61,66)(H4,62,63,67)/t39-,42-,43+,44+,45-,46-,51-,52-,53+,54-/m1/s1. The SMILES string of the molecule is CNC(=O)CCOCCOCCOCCOCCn1cc(COCCOCCOCCOCCN(CCOCCN(C)C(=O)C[C@@H]([C@@H]2OC(C(=O)O)=C[C@H](NC(=N)N)[C@H]2NC(C)=O)[C@H](O)CO)CCOCCN(C)C(=O)O[C@@H]([C@@H]2OC(C(=O)O)=C[C@H](NC(=N)N)[C@H]2C)[C@H](O)CO)nn1. The van der Waals surface area contributed by atoms with Gasteiger partial charge in [0.15, 0.2) is 18.0 Å². The molecule has 2 aliphatic rings. The van der Waals surface area contributed by atoms with Crippen molar-refractivity contribution in [2.45, 2.75) is 88.5 Å². The number of guanidine groups is 2. The van der Waals surface area contributed by atoms with E-state index in [-0.39, 0.29) is 71.9 Å². The number of ether oxygens (including phenoxy) is 13. The van der Waals surface area contributed by atoms with E-state index in [2.05, 4.69) is 31.6 Å². The fraction of sp³-hybridized carbons (Fsp3) is 0.763.